The van der Waals surface area contributed by atoms with Gasteiger partial charge in [0.2, 0.25) is 11.6 Å². The first-order chi connectivity index (χ1) is 24.7. The summed E-state index contributed by atoms with van der Waals surface area (Å²) in [5, 5.41) is 5.44. The minimum absolute atomic E-state index is 0.707. The van der Waals surface area contributed by atoms with Gasteiger partial charge in [0, 0.05) is 48.3 Å². The molecule has 0 bridgehead atoms. The Kier molecular flexibility index (Phi) is 5.69. The van der Waals surface area contributed by atoms with E-state index < -0.39 is 0 Å². The Hall–Kier alpha value is -6.66. The molecule has 11 rings (SSSR count). The summed E-state index contributed by atoms with van der Waals surface area (Å²) in [5.41, 5.74) is 14.5. The highest BCUT2D eigenvalue weighted by Gasteiger charge is 2.24. The zero-order valence-electron chi connectivity index (χ0n) is 27.0. The average Bonchev–Trinajstić information content (AvgIpc) is 3.82. The molecule has 6 heteroatoms. The Bertz CT molecular complexity index is 2840. The molecular formula is C44H28N6. The standard InChI is InChI=1S/C44H28N6/c1-5-31-21-33(27-9-13-29(14-10-27)39-25-49-19-3-17-45-43(49)47-39)24-38-36-8-2-6-32-22-34(23-37(42(32)36)35(7-1)41(31)38)28-11-15-30(16-12-28)40-26-50-20-4-18-46-44(50)48-40/h1-7,9-23,25-26H,8,24H2. The number of benzene rings is 5. The summed E-state index contributed by atoms with van der Waals surface area (Å²) >= 11 is 0. The summed E-state index contributed by atoms with van der Waals surface area (Å²) in [5.74, 6) is 1.42. The first kappa shape index (κ1) is 27.3. The van der Waals surface area contributed by atoms with Crippen LogP contribution in [0.1, 0.15) is 27.8 Å². The van der Waals surface area contributed by atoms with Crippen LogP contribution in [-0.4, -0.2) is 28.7 Å². The Morgan fingerprint density at radius 3 is 1.86 bits per heavy atom. The van der Waals surface area contributed by atoms with Crippen LogP contribution in [0.4, 0.5) is 0 Å². The highest BCUT2D eigenvalue weighted by molar-refractivity contribution is 6.18. The van der Waals surface area contributed by atoms with Crippen LogP contribution in [-0.2, 0) is 12.8 Å². The summed E-state index contributed by atoms with van der Waals surface area (Å²) < 4.78 is 3.92. The molecule has 0 unspecified atom stereocenters. The van der Waals surface area contributed by atoms with Gasteiger partial charge in [0.15, 0.2) is 0 Å². The van der Waals surface area contributed by atoms with Gasteiger partial charge in [-0.3, -0.25) is 8.80 Å². The van der Waals surface area contributed by atoms with Gasteiger partial charge in [-0.05, 0) is 103 Å². The van der Waals surface area contributed by atoms with Crippen LogP contribution in [0.5, 0.6) is 0 Å². The van der Waals surface area contributed by atoms with E-state index in [4.69, 9.17) is 9.97 Å². The fourth-order valence-electron chi connectivity index (χ4n) is 8.03. The number of rotatable bonds is 4. The summed E-state index contributed by atoms with van der Waals surface area (Å²) in [6, 6.07) is 33.0. The number of hydrogen-bond donors (Lipinski definition) is 0. The van der Waals surface area contributed by atoms with E-state index in [0.717, 1.165) is 35.4 Å². The second-order valence-electron chi connectivity index (χ2n) is 13.2. The molecular weight excluding hydrogens is 613 g/mol. The Morgan fingerprint density at radius 2 is 1.18 bits per heavy atom. The summed E-state index contributed by atoms with van der Waals surface area (Å²) in [7, 11) is 0. The van der Waals surface area contributed by atoms with Crippen molar-refractivity contribution in [1.29, 1.82) is 0 Å². The Balaban J connectivity index is 0.995. The maximum Gasteiger partial charge on any atom is 0.234 e. The molecule has 0 spiro atoms. The zero-order valence-corrected chi connectivity index (χ0v) is 27.0. The van der Waals surface area contributed by atoms with Crippen molar-refractivity contribution in [3.8, 4) is 33.6 Å². The van der Waals surface area contributed by atoms with Gasteiger partial charge in [0.25, 0.3) is 0 Å². The van der Waals surface area contributed by atoms with Crippen molar-refractivity contribution < 1.29 is 0 Å². The second kappa shape index (κ2) is 10.4. The van der Waals surface area contributed by atoms with Crippen molar-refractivity contribution in [2.75, 3.05) is 0 Å². The van der Waals surface area contributed by atoms with E-state index in [-0.39, 0.29) is 0 Å². The molecule has 0 saturated heterocycles. The van der Waals surface area contributed by atoms with Crippen molar-refractivity contribution in [3.05, 3.63) is 162 Å². The predicted molar refractivity (Wildman–Crippen MR) is 202 cm³/mol. The van der Waals surface area contributed by atoms with Crippen molar-refractivity contribution >= 4 is 50.8 Å². The lowest BCUT2D eigenvalue weighted by Crippen LogP contribution is -2.07. The highest BCUT2D eigenvalue weighted by Crippen LogP contribution is 2.45. The molecule has 6 nitrogen and oxygen atoms in total. The van der Waals surface area contributed by atoms with Crippen LogP contribution in [0.2, 0.25) is 0 Å². The van der Waals surface area contributed by atoms with Gasteiger partial charge < -0.3 is 0 Å². The van der Waals surface area contributed by atoms with E-state index in [0.29, 0.717) is 11.6 Å². The van der Waals surface area contributed by atoms with Crippen molar-refractivity contribution in [2.24, 2.45) is 0 Å². The SMILES string of the molecule is C1=Cc2cc(-c3ccc(-c4cn5cccnc5n4)cc3)cc3c2c(c2c4c(cccc43)C=C(c3ccc(-c4cn5cccnc5n4)cc3)C2)C1. The van der Waals surface area contributed by atoms with Gasteiger partial charge in [-0.1, -0.05) is 85.0 Å². The molecule has 2 aliphatic carbocycles. The van der Waals surface area contributed by atoms with E-state index >= 15 is 0 Å². The van der Waals surface area contributed by atoms with Crippen LogP contribution >= 0.6 is 0 Å². The molecule has 0 N–H and O–H groups in total. The minimum atomic E-state index is 0.707. The van der Waals surface area contributed by atoms with E-state index in [9.17, 15) is 0 Å². The molecule has 4 aromatic heterocycles. The van der Waals surface area contributed by atoms with Gasteiger partial charge in [0.1, 0.15) is 0 Å². The smallest absolute Gasteiger partial charge is 0.234 e. The maximum absolute atomic E-state index is 4.72. The first-order valence-electron chi connectivity index (χ1n) is 17.0. The quantitative estimate of drug-likeness (QED) is 0.180. The summed E-state index contributed by atoms with van der Waals surface area (Å²) in [6.07, 6.45) is 20.5. The van der Waals surface area contributed by atoms with Crippen LogP contribution < -0.4 is 0 Å². The molecule has 9 aromatic rings. The molecule has 2 aliphatic rings. The zero-order chi connectivity index (χ0) is 32.8. The first-order valence-corrected chi connectivity index (χ1v) is 17.0. The van der Waals surface area contributed by atoms with Crippen molar-refractivity contribution in [2.45, 2.75) is 12.8 Å². The lowest BCUT2D eigenvalue weighted by molar-refractivity contribution is 1.11. The fourth-order valence-corrected chi connectivity index (χ4v) is 8.03. The van der Waals surface area contributed by atoms with Crippen molar-refractivity contribution in [3.63, 3.8) is 0 Å². The van der Waals surface area contributed by atoms with Gasteiger partial charge in [-0.15, -0.1) is 0 Å². The van der Waals surface area contributed by atoms with Crippen molar-refractivity contribution in [1.82, 2.24) is 28.7 Å². The average molecular weight is 641 g/mol. The number of aromatic nitrogens is 6. The molecule has 0 atom stereocenters. The molecule has 0 saturated carbocycles. The van der Waals surface area contributed by atoms with Crippen LogP contribution in [0.3, 0.4) is 0 Å². The number of allylic oxidation sites excluding steroid dienone is 2. The third-order valence-electron chi connectivity index (χ3n) is 10.4. The lowest BCUT2D eigenvalue weighted by Gasteiger charge is -2.26. The largest absolute Gasteiger partial charge is 0.291 e. The lowest BCUT2D eigenvalue weighted by atomic mass is 9.77. The van der Waals surface area contributed by atoms with E-state index in [1.165, 1.54) is 66.1 Å². The molecule has 0 fully saturated rings. The predicted octanol–water partition coefficient (Wildman–Crippen LogP) is 9.75. The van der Waals surface area contributed by atoms with E-state index in [1.807, 2.05) is 45.7 Å². The molecule has 0 radical (unpaired) electrons. The normalized spacial score (nSPS) is 13.5. The third kappa shape index (κ3) is 4.15. The monoisotopic (exact) mass is 640 g/mol. The molecule has 234 valence electrons. The Morgan fingerprint density at radius 1 is 0.540 bits per heavy atom. The maximum atomic E-state index is 4.72. The molecule has 0 amide bonds. The van der Waals surface area contributed by atoms with Gasteiger partial charge in [-0.2, -0.15) is 0 Å². The Labute approximate surface area is 287 Å². The number of fused-ring (bicyclic) bond motifs is 4. The van der Waals surface area contributed by atoms with Crippen LogP contribution in [0.15, 0.2) is 134 Å². The number of imidazole rings is 2. The molecule has 5 aromatic carbocycles. The summed E-state index contributed by atoms with van der Waals surface area (Å²) in [4.78, 5) is 18.2. The van der Waals surface area contributed by atoms with Crippen LogP contribution in [0, 0.1) is 0 Å². The van der Waals surface area contributed by atoms with E-state index in [2.05, 4.69) is 107 Å². The highest BCUT2D eigenvalue weighted by atomic mass is 15.1. The van der Waals surface area contributed by atoms with Gasteiger partial charge in [-0.25, -0.2) is 19.9 Å². The third-order valence-corrected chi connectivity index (χ3v) is 10.4. The van der Waals surface area contributed by atoms with Gasteiger partial charge >= 0.3 is 0 Å². The topological polar surface area (TPSA) is 60.4 Å². The number of nitrogens with zero attached hydrogens (tertiary/aromatic N) is 6. The van der Waals surface area contributed by atoms with Crippen LogP contribution in [0.25, 0.3) is 84.5 Å². The number of hydrogen-bond acceptors (Lipinski definition) is 4. The minimum Gasteiger partial charge on any atom is -0.291 e. The second-order valence-corrected chi connectivity index (χ2v) is 13.2. The van der Waals surface area contributed by atoms with Gasteiger partial charge in [0.05, 0.1) is 11.4 Å². The molecule has 4 heterocycles. The molecule has 0 aliphatic heterocycles. The summed E-state index contributed by atoms with van der Waals surface area (Å²) in [6.45, 7) is 0. The molecule has 50 heavy (non-hydrogen) atoms. The fraction of sp³-hybridized carbons (Fsp3) is 0.0455. The van der Waals surface area contributed by atoms with E-state index in [1.54, 1.807) is 12.4 Å².